The number of aliphatic hydroxyl groups excluding tert-OH is 1. The molecule has 1 aromatic carbocycles. The Morgan fingerprint density at radius 2 is 1.93 bits per heavy atom. The predicted octanol–water partition coefficient (Wildman–Crippen LogP) is 5.80. The van der Waals surface area contributed by atoms with E-state index in [9.17, 15) is 9.90 Å². The number of rotatable bonds is 10. The molecular weight excluding hydrogens is 354 g/mol. The predicted molar refractivity (Wildman–Crippen MR) is 113 cm³/mol. The van der Waals surface area contributed by atoms with Crippen molar-refractivity contribution in [3.05, 3.63) is 51.7 Å². The molecular formula is C23H31NO2S. The number of benzene rings is 1. The second-order valence-corrected chi connectivity index (χ2v) is 9.00. The number of hydrogen-bond acceptors (Lipinski definition) is 3. The first-order chi connectivity index (χ1) is 13.1. The Hall–Kier alpha value is -1.65. The Bertz CT molecular complexity index is 737. The highest BCUT2D eigenvalue weighted by atomic mass is 32.1. The minimum atomic E-state index is -0.400. The van der Waals surface area contributed by atoms with Crippen LogP contribution in [0.15, 0.2) is 36.4 Å². The summed E-state index contributed by atoms with van der Waals surface area (Å²) in [5, 5.41) is 10.3. The van der Waals surface area contributed by atoms with Crippen LogP contribution >= 0.6 is 11.3 Å². The zero-order chi connectivity index (χ0) is 19.2. The molecule has 1 unspecified atom stereocenters. The molecule has 3 rings (SSSR count). The highest BCUT2D eigenvalue weighted by Crippen LogP contribution is 2.32. The number of amides is 1. The molecule has 0 bridgehead atoms. The lowest BCUT2D eigenvalue weighted by molar-refractivity contribution is -0.124. The van der Waals surface area contributed by atoms with Gasteiger partial charge >= 0.3 is 0 Å². The van der Waals surface area contributed by atoms with Crippen molar-refractivity contribution in [1.82, 2.24) is 0 Å². The number of aliphatic hydroxyl groups is 1. The van der Waals surface area contributed by atoms with Gasteiger partial charge in [-0.25, -0.2) is 0 Å². The molecule has 1 aromatic heterocycles. The van der Waals surface area contributed by atoms with Crippen molar-refractivity contribution < 1.29 is 9.90 Å². The Kier molecular flexibility index (Phi) is 7.08. The van der Waals surface area contributed by atoms with Gasteiger partial charge in [0.15, 0.2) is 0 Å². The molecule has 146 valence electrons. The van der Waals surface area contributed by atoms with Crippen LogP contribution in [0.5, 0.6) is 0 Å². The lowest BCUT2D eigenvalue weighted by Gasteiger charge is -2.40. The summed E-state index contributed by atoms with van der Waals surface area (Å²) < 4.78 is 0. The topological polar surface area (TPSA) is 40.5 Å². The summed E-state index contributed by atoms with van der Waals surface area (Å²) in [5.74, 6) is 0.211. The van der Waals surface area contributed by atoms with E-state index in [1.54, 1.807) is 0 Å². The van der Waals surface area contributed by atoms with Crippen LogP contribution < -0.4 is 4.90 Å². The van der Waals surface area contributed by atoms with E-state index in [4.69, 9.17) is 0 Å². The van der Waals surface area contributed by atoms with Crippen LogP contribution in [0.4, 0.5) is 5.69 Å². The lowest BCUT2D eigenvalue weighted by Crippen LogP contribution is -2.52. The molecule has 1 amide bonds. The van der Waals surface area contributed by atoms with Gasteiger partial charge < -0.3 is 10.0 Å². The molecule has 1 aliphatic heterocycles. The number of unbranched alkanes of at least 4 members (excludes halogenated alkanes) is 2. The average Bonchev–Trinajstić information content (AvgIpc) is 3.06. The highest BCUT2D eigenvalue weighted by molar-refractivity contribution is 7.11. The molecule has 1 fully saturated rings. The molecule has 27 heavy (non-hydrogen) atoms. The number of thiophene rings is 1. The number of hydrogen-bond donors (Lipinski definition) is 1. The first-order valence-electron chi connectivity index (χ1n) is 10.2. The van der Waals surface area contributed by atoms with Crippen LogP contribution in [0.3, 0.4) is 0 Å². The monoisotopic (exact) mass is 385 g/mol. The zero-order valence-electron chi connectivity index (χ0n) is 16.5. The third-order valence-corrected chi connectivity index (χ3v) is 6.50. The van der Waals surface area contributed by atoms with Crippen LogP contribution in [0.2, 0.25) is 0 Å². The van der Waals surface area contributed by atoms with Gasteiger partial charge in [-0.2, -0.15) is 0 Å². The fourth-order valence-corrected chi connectivity index (χ4v) is 4.74. The summed E-state index contributed by atoms with van der Waals surface area (Å²) in [6, 6.07) is 12.6. The van der Waals surface area contributed by atoms with Crippen LogP contribution in [-0.4, -0.2) is 17.1 Å². The number of nitrogens with zero attached hydrogens (tertiary/aromatic N) is 1. The van der Waals surface area contributed by atoms with E-state index in [2.05, 4.69) is 26.0 Å². The summed E-state index contributed by atoms with van der Waals surface area (Å²) in [5.41, 5.74) is 1.92. The van der Waals surface area contributed by atoms with E-state index in [0.29, 0.717) is 12.5 Å². The first-order valence-corrected chi connectivity index (χ1v) is 11.1. The van der Waals surface area contributed by atoms with Gasteiger partial charge in [-0.3, -0.25) is 4.79 Å². The van der Waals surface area contributed by atoms with Gasteiger partial charge in [0.2, 0.25) is 5.91 Å². The maximum atomic E-state index is 12.1. The van der Waals surface area contributed by atoms with Crippen molar-refractivity contribution in [2.24, 2.45) is 0 Å². The van der Waals surface area contributed by atoms with Gasteiger partial charge in [0.25, 0.3) is 0 Å². The molecule has 0 saturated carbocycles. The molecule has 1 aliphatic rings. The second-order valence-electron chi connectivity index (χ2n) is 7.63. The molecule has 2 heterocycles. The number of carbonyl (C=O) groups is 1. The zero-order valence-corrected chi connectivity index (χ0v) is 17.3. The van der Waals surface area contributed by atoms with Gasteiger partial charge in [-0.05, 0) is 62.4 Å². The van der Waals surface area contributed by atoms with Crippen molar-refractivity contribution >= 4 is 22.9 Å². The molecule has 2 atom stereocenters. The highest BCUT2D eigenvalue weighted by Gasteiger charge is 2.36. The van der Waals surface area contributed by atoms with Gasteiger partial charge in [0, 0.05) is 27.9 Å². The average molecular weight is 386 g/mol. The normalized spacial score (nSPS) is 17.8. The van der Waals surface area contributed by atoms with E-state index in [1.807, 2.05) is 40.5 Å². The third-order valence-electron chi connectivity index (χ3n) is 5.44. The van der Waals surface area contributed by atoms with E-state index >= 15 is 0 Å². The molecule has 1 saturated heterocycles. The van der Waals surface area contributed by atoms with E-state index in [-0.39, 0.29) is 5.91 Å². The maximum Gasteiger partial charge on any atom is 0.229 e. The second kappa shape index (κ2) is 9.52. The summed E-state index contributed by atoms with van der Waals surface area (Å²) in [7, 11) is 0. The largest absolute Gasteiger partial charge is 0.388 e. The first kappa shape index (κ1) is 20.1. The van der Waals surface area contributed by atoms with Crippen molar-refractivity contribution in [1.29, 1.82) is 0 Å². The fourth-order valence-electron chi connectivity index (χ4n) is 3.81. The SMILES string of the molecule is CCCCCC(O)c1ccc(N2C(=O)C[C@@H]2CCCc2ccc(C)s2)cc1. The minimum absolute atomic E-state index is 0.211. The smallest absolute Gasteiger partial charge is 0.229 e. The molecule has 2 aromatic rings. The Labute approximate surface area is 167 Å². The van der Waals surface area contributed by atoms with Crippen molar-refractivity contribution in [2.45, 2.75) is 77.4 Å². The molecule has 4 heteroatoms. The van der Waals surface area contributed by atoms with Crippen LogP contribution in [0, 0.1) is 6.92 Å². The number of anilines is 1. The Morgan fingerprint density at radius 1 is 1.15 bits per heavy atom. The minimum Gasteiger partial charge on any atom is -0.388 e. The Balaban J connectivity index is 1.52. The summed E-state index contributed by atoms with van der Waals surface area (Å²) >= 11 is 1.87. The Morgan fingerprint density at radius 3 is 2.56 bits per heavy atom. The van der Waals surface area contributed by atoms with Crippen LogP contribution in [0.1, 0.15) is 73.3 Å². The van der Waals surface area contributed by atoms with Crippen LogP contribution in [-0.2, 0) is 11.2 Å². The van der Waals surface area contributed by atoms with Gasteiger partial charge in [-0.15, -0.1) is 11.3 Å². The summed E-state index contributed by atoms with van der Waals surface area (Å²) in [6.07, 6.45) is 7.69. The maximum absolute atomic E-state index is 12.1. The fraction of sp³-hybridized carbons (Fsp3) is 0.522. The van der Waals surface area contributed by atoms with Gasteiger partial charge in [-0.1, -0.05) is 38.3 Å². The van der Waals surface area contributed by atoms with E-state index < -0.39 is 6.10 Å². The van der Waals surface area contributed by atoms with E-state index in [1.165, 1.54) is 9.75 Å². The number of aryl methyl sites for hydroxylation is 2. The molecule has 3 nitrogen and oxygen atoms in total. The molecule has 1 N–H and O–H groups in total. The lowest BCUT2D eigenvalue weighted by atomic mass is 9.94. The summed E-state index contributed by atoms with van der Waals surface area (Å²) in [6.45, 7) is 4.31. The van der Waals surface area contributed by atoms with Crippen molar-refractivity contribution in [3.8, 4) is 0 Å². The molecule has 0 aliphatic carbocycles. The molecule has 0 radical (unpaired) electrons. The van der Waals surface area contributed by atoms with Crippen LogP contribution in [0.25, 0.3) is 0 Å². The van der Waals surface area contributed by atoms with Gasteiger partial charge in [0.05, 0.1) is 6.10 Å². The van der Waals surface area contributed by atoms with Crippen molar-refractivity contribution in [2.75, 3.05) is 4.90 Å². The van der Waals surface area contributed by atoms with Crippen molar-refractivity contribution in [3.63, 3.8) is 0 Å². The quantitative estimate of drug-likeness (QED) is 0.415. The standard InChI is InChI=1S/C23H31NO2S/c1-3-4-5-9-22(25)18-11-13-19(14-12-18)24-20(16-23(24)26)7-6-8-21-15-10-17(2)27-21/h10-15,20,22,25H,3-9,16H2,1-2H3/t20-,22?/m0/s1. The summed E-state index contributed by atoms with van der Waals surface area (Å²) in [4.78, 5) is 16.9. The number of carbonyl (C=O) groups excluding carboxylic acids is 1. The number of β-lactam (4-membered cyclic amide) rings is 1. The third kappa shape index (κ3) is 5.20. The molecule has 0 spiro atoms. The van der Waals surface area contributed by atoms with E-state index in [0.717, 1.165) is 56.2 Å². The van der Waals surface area contributed by atoms with Gasteiger partial charge in [0.1, 0.15) is 0 Å².